The van der Waals surface area contributed by atoms with Crippen molar-refractivity contribution in [1.29, 1.82) is 0 Å². The van der Waals surface area contributed by atoms with E-state index in [1.54, 1.807) is 0 Å². The van der Waals surface area contributed by atoms with Crippen LogP contribution in [0.25, 0.3) is 0 Å². The van der Waals surface area contributed by atoms with Crippen LogP contribution in [0.1, 0.15) is 73.1 Å². The molecule has 1 fully saturated rings. The molecule has 1 heterocycles. The number of rotatable bonds is 8. The summed E-state index contributed by atoms with van der Waals surface area (Å²) in [5, 5.41) is 0. The topological polar surface area (TPSA) is 3.24 Å². The van der Waals surface area contributed by atoms with Gasteiger partial charge in [0.1, 0.15) is 0 Å². The van der Waals surface area contributed by atoms with Gasteiger partial charge in [-0.1, -0.05) is 34.1 Å². The van der Waals surface area contributed by atoms with E-state index < -0.39 is 0 Å². The van der Waals surface area contributed by atoms with Crippen molar-refractivity contribution >= 4 is 0 Å². The smallest absolute Gasteiger partial charge is 0.0786 e. The molecule has 0 bridgehead atoms. The number of unbranched alkanes of at least 4 members (excludes halogenated alkanes) is 2. The largest absolute Gasteiger partial charge is 0.324 e. The van der Waals surface area contributed by atoms with E-state index in [4.69, 9.17) is 0 Å². The number of hydrogen-bond acceptors (Lipinski definition) is 1. The third kappa shape index (κ3) is 8.26. The molecule has 122 valence electrons. The molecule has 0 radical (unpaired) electrons. The predicted octanol–water partition coefficient (Wildman–Crippen LogP) is 4.55. The maximum absolute atomic E-state index is 2.38. The lowest BCUT2D eigenvalue weighted by Crippen LogP contribution is -2.51. The summed E-state index contributed by atoms with van der Waals surface area (Å²) < 4.78 is 1.43. The van der Waals surface area contributed by atoms with Crippen molar-refractivity contribution in [1.82, 2.24) is 4.90 Å². The van der Waals surface area contributed by atoms with Crippen LogP contribution in [0, 0.1) is 0 Å². The highest BCUT2D eigenvalue weighted by molar-refractivity contribution is 4.53. The lowest BCUT2D eigenvalue weighted by atomic mass is 10.1. The molecule has 0 spiro atoms. The number of likely N-dealkylation sites (tertiary alicyclic amines) is 1. The zero-order valence-corrected chi connectivity index (χ0v) is 15.1. The molecule has 20 heavy (non-hydrogen) atoms. The van der Waals surface area contributed by atoms with Crippen LogP contribution >= 0.6 is 0 Å². The second-order valence-corrected chi connectivity index (χ2v) is 6.22. The van der Waals surface area contributed by atoms with E-state index in [-0.39, 0.29) is 0 Å². The summed E-state index contributed by atoms with van der Waals surface area (Å²) in [4.78, 5) is 2.38. The Balaban J connectivity index is 0.000000441. The summed E-state index contributed by atoms with van der Waals surface area (Å²) >= 11 is 0. The molecule has 0 amide bonds. The second-order valence-electron chi connectivity index (χ2n) is 6.22. The number of hydrogen-bond donors (Lipinski definition) is 0. The molecule has 0 saturated carbocycles. The maximum Gasteiger partial charge on any atom is 0.0786 e. The first kappa shape index (κ1) is 19.9. The van der Waals surface area contributed by atoms with E-state index in [2.05, 4.69) is 39.5 Å². The standard InChI is InChI=1S/C12H26N.C6H15N/c1-3-5-7-10-13(4-2)11-8-6-9-12-13;1-4-7(5-2)6-3/h3-12H2,1-2H3;4-6H2,1-3H3/q+1;. The second kappa shape index (κ2) is 12.6. The maximum atomic E-state index is 2.38. The lowest BCUT2D eigenvalue weighted by Gasteiger charge is -2.41. The van der Waals surface area contributed by atoms with Gasteiger partial charge in [0.25, 0.3) is 0 Å². The summed E-state index contributed by atoms with van der Waals surface area (Å²) in [6.07, 6.45) is 8.67. The van der Waals surface area contributed by atoms with Crippen LogP contribution in [0.5, 0.6) is 0 Å². The van der Waals surface area contributed by atoms with E-state index in [1.165, 1.54) is 88.8 Å². The van der Waals surface area contributed by atoms with Crippen LogP contribution in [-0.2, 0) is 0 Å². The molecule has 0 atom stereocenters. The Hall–Kier alpha value is -0.0800. The van der Waals surface area contributed by atoms with Gasteiger partial charge < -0.3 is 9.38 Å². The van der Waals surface area contributed by atoms with Crippen molar-refractivity contribution in [2.75, 3.05) is 45.8 Å². The van der Waals surface area contributed by atoms with Gasteiger partial charge in [-0.25, -0.2) is 0 Å². The monoisotopic (exact) mass is 285 g/mol. The molecule has 0 unspecified atom stereocenters. The highest BCUT2D eigenvalue weighted by atomic mass is 15.3. The van der Waals surface area contributed by atoms with Gasteiger partial charge in [-0.3, -0.25) is 0 Å². The Morgan fingerprint density at radius 2 is 1.30 bits per heavy atom. The molecular formula is C18H41N2+. The van der Waals surface area contributed by atoms with Gasteiger partial charge >= 0.3 is 0 Å². The van der Waals surface area contributed by atoms with Crippen LogP contribution in [-0.4, -0.2) is 55.2 Å². The molecule has 2 heteroatoms. The minimum Gasteiger partial charge on any atom is -0.324 e. The third-order valence-corrected chi connectivity index (χ3v) is 5.01. The van der Waals surface area contributed by atoms with Crippen LogP contribution < -0.4 is 0 Å². The minimum atomic E-state index is 1.19. The lowest BCUT2D eigenvalue weighted by molar-refractivity contribution is -0.931. The zero-order chi connectivity index (χ0) is 15.3. The Labute approximate surface area is 129 Å². The van der Waals surface area contributed by atoms with Crippen molar-refractivity contribution in [3.63, 3.8) is 0 Å². The molecule has 0 N–H and O–H groups in total. The summed E-state index contributed by atoms with van der Waals surface area (Å²) in [7, 11) is 0. The summed E-state index contributed by atoms with van der Waals surface area (Å²) in [6.45, 7) is 20.5. The van der Waals surface area contributed by atoms with Crippen LogP contribution in [0.15, 0.2) is 0 Å². The van der Waals surface area contributed by atoms with Gasteiger partial charge in [0.15, 0.2) is 0 Å². The fourth-order valence-corrected chi connectivity index (χ4v) is 3.25. The van der Waals surface area contributed by atoms with Crippen LogP contribution in [0.3, 0.4) is 0 Å². The summed E-state index contributed by atoms with van der Waals surface area (Å²) in [5.41, 5.74) is 0. The molecule has 0 aliphatic carbocycles. The molecule has 1 aliphatic rings. The van der Waals surface area contributed by atoms with Crippen molar-refractivity contribution in [3.05, 3.63) is 0 Å². The Morgan fingerprint density at radius 1 is 0.750 bits per heavy atom. The van der Waals surface area contributed by atoms with Gasteiger partial charge in [0.05, 0.1) is 26.2 Å². The Bertz CT molecular complexity index is 188. The highest BCUT2D eigenvalue weighted by Gasteiger charge is 2.26. The molecule has 2 nitrogen and oxygen atoms in total. The van der Waals surface area contributed by atoms with Crippen LogP contribution in [0.4, 0.5) is 0 Å². The minimum absolute atomic E-state index is 1.19. The molecule has 0 aromatic rings. The first-order valence-corrected chi connectivity index (χ1v) is 9.25. The van der Waals surface area contributed by atoms with Crippen LogP contribution in [0.2, 0.25) is 0 Å². The summed E-state index contributed by atoms with van der Waals surface area (Å²) in [5.74, 6) is 0. The van der Waals surface area contributed by atoms with Gasteiger partial charge in [0, 0.05) is 0 Å². The zero-order valence-electron chi connectivity index (χ0n) is 15.1. The average molecular weight is 286 g/mol. The van der Waals surface area contributed by atoms with Gasteiger partial charge in [-0.2, -0.15) is 0 Å². The Kier molecular flexibility index (Phi) is 12.6. The molecular weight excluding hydrogens is 244 g/mol. The first-order chi connectivity index (χ1) is 9.67. The van der Waals surface area contributed by atoms with E-state index in [0.29, 0.717) is 0 Å². The predicted molar refractivity (Wildman–Crippen MR) is 92.2 cm³/mol. The molecule has 1 aliphatic heterocycles. The molecule has 1 rings (SSSR count). The Morgan fingerprint density at radius 3 is 1.65 bits per heavy atom. The number of quaternary nitrogens is 1. The number of piperidine rings is 1. The molecule has 0 aromatic heterocycles. The molecule has 1 saturated heterocycles. The van der Waals surface area contributed by atoms with E-state index >= 15 is 0 Å². The van der Waals surface area contributed by atoms with Crippen molar-refractivity contribution < 1.29 is 4.48 Å². The van der Waals surface area contributed by atoms with Gasteiger partial charge in [-0.05, 0) is 58.7 Å². The first-order valence-electron chi connectivity index (χ1n) is 9.25. The van der Waals surface area contributed by atoms with Crippen molar-refractivity contribution in [3.8, 4) is 0 Å². The average Bonchev–Trinajstić information content (AvgIpc) is 2.51. The van der Waals surface area contributed by atoms with E-state index in [0.717, 1.165) is 0 Å². The fraction of sp³-hybridized carbons (Fsp3) is 1.00. The number of nitrogens with zero attached hydrogens (tertiary/aromatic N) is 2. The third-order valence-electron chi connectivity index (χ3n) is 5.01. The van der Waals surface area contributed by atoms with Gasteiger partial charge in [0.2, 0.25) is 0 Å². The van der Waals surface area contributed by atoms with E-state index in [1.807, 2.05) is 0 Å². The van der Waals surface area contributed by atoms with Gasteiger partial charge in [-0.15, -0.1) is 0 Å². The van der Waals surface area contributed by atoms with Crippen molar-refractivity contribution in [2.45, 2.75) is 73.1 Å². The SMILES string of the molecule is CCCCC[N+]1(CC)CCCCC1.CCN(CC)CC. The van der Waals surface area contributed by atoms with E-state index in [9.17, 15) is 0 Å². The quantitative estimate of drug-likeness (QED) is 0.467. The summed E-state index contributed by atoms with van der Waals surface area (Å²) in [6, 6.07) is 0. The highest BCUT2D eigenvalue weighted by Crippen LogP contribution is 2.19. The molecule has 0 aromatic carbocycles. The van der Waals surface area contributed by atoms with Crippen molar-refractivity contribution in [2.24, 2.45) is 0 Å². The fourth-order valence-electron chi connectivity index (χ4n) is 3.25. The normalized spacial score (nSPS) is 17.7.